The lowest BCUT2D eigenvalue weighted by Gasteiger charge is -2.25. The molecule has 0 heterocycles. The monoisotopic (exact) mass is 391 g/mol. The van der Waals surface area contributed by atoms with Gasteiger partial charge in [-0.05, 0) is 25.5 Å². The third-order valence-corrected chi connectivity index (χ3v) is 5.91. The van der Waals surface area contributed by atoms with Crippen molar-refractivity contribution in [3.05, 3.63) is 80.4 Å². The lowest BCUT2D eigenvalue weighted by atomic mass is 10.1. The third-order valence-electron chi connectivity index (χ3n) is 3.99. The van der Waals surface area contributed by atoms with E-state index in [9.17, 15) is 28.6 Å². The number of benzene rings is 2. The molecule has 0 saturated heterocycles. The fourth-order valence-corrected chi connectivity index (χ4v) is 4.36. The van der Waals surface area contributed by atoms with E-state index in [1.165, 1.54) is 50.3 Å². The van der Waals surface area contributed by atoms with Crippen LogP contribution in [0.2, 0.25) is 0 Å². The zero-order valence-corrected chi connectivity index (χ0v) is 15.5. The van der Waals surface area contributed by atoms with E-state index in [0.717, 1.165) is 10.4 Å². The van der Waals surface area contributed by atoms with Crippen LogP contribution in [0.5, 0.6) is 0 Å². The Bertz CT molecular complexity index is 1030. The van der Waals surface area contributed by atoms with Crippen LogP contribution in [0.25, 0.3) is 0 Å². The van der Waals surface area contributed by atoms with E-state index < -0.39 is 19.9 Å². The highest BCUT2D eigenvalue weighted by atomic mass is 32.2. The van der Waals surface area contributed by atoms with Gasteiger partial charge in [0, 0.05) is 18.2 Å². The largest absolute Gasteiger partial charge is 0.274 e. The van der Waals surface area contributed by atoms with Crippen LogP contribution in [0.1, 0.15) is 11.1 Å². The number of hydrogen-bond acceptors (Lipinski definition) is 6. The standard InChI is InChI=1S/C17H17N3O6S/c1-4-10-18(15-6-5-7-16(13(15)3)20(23)24)27(25,26)17-11-14(19(21)22)9-8-12(17)2/h4-9,11H,1,10H2,2-3H3. The summed E-state index contributed by atoms with van der Waals surface area (Å²) in [6.07, 6.45) is 1.34. The minimum Gasteiger partial charge on any atom is -0.262 e. The van der Waals surface area contributed by atoms with Gasteiger partial charge in [-0.1, -0.05) is 18.2 Å². The first-order valence-electron chi connectivity index (χ1n) is 7.74. The molecule has 0 saturated carbocycles. The molecule has 0 aliphatic heterocycles. The molecule has 142 valence electrons. The zero-order valence-electron chi connectivity index (χ0n) is 14.7. The first kappa shape index (κ1) is 20.0. The van der Waals surface area contributed by atoms with E-state index in [2.05, 4.69) is 6.58 Å². The zero-order chi connectivity index (χ0) is 20.4. The quantitative estimate of drug-likeness (QED) is 0.404. The predicted octanol–water partition coefficient (Wildman–Crippen LogP) is 3.50. The van der Waals surface area contributed by atoms with E-state index in [-0.39, 0.29) is 34.1 Å². The van der Waals surface area contributed by atoms with Crippen molar-refractivity contribution in [2.45, 2.75) is 18.7 Å². The Morgan fingerprint density at radius 2 is 1.78 bits per heavy atom. The number of non-ortho nitro benzene ring substituents is 1. The molecule has 0 aliphatic rings. The summed E-state index contributed by atoms with van der Waals surface area (Å²) in [5, 5.41) is 22.2. The third kappa shape index (κ3) is 3.80. The molecule has 2 aromatic rings. The van der Waals surface area contributed by atoms with Crippen LogP contribution in [0.15, 0.2) is 53.9 Å². The van der Waals surface area contributed by atoms with Crippen LogP contribution in [-0.2, 0) is 10.0 Å². The molecule has 10 heteroatoms. The number of sulfonamides is 1. The minimum absolute atomic E-state index is 0.106. The second-order valence-electron chi connectivity index (χ2n) is 5.71. The average molecular weight is 391 g/mol. The maximum Gasteiger partial charge on any atom is 0.274 e. The molecule has 2 rings (SSSR count). The van der Waals surface area contributed by atoms with E-state index in [1.54, 1.807) is 0 Å². The minimum atomic E-state index is -4.23. The van der Waals surface area contributed by atoms with Gasteiger partial charge in [0.15, 0.2) is 0 Å². The Kier molecular flexibility index (Phi) is 5.60. The van der Waals surface area contributed by atoms with Gasteiger partial charge in [-0.2, -0.15) is 0 Å². The van der Waals surface area contributed by atoms with Gasteiger partial charge >= 0.3 is 0 Å². The van der Waals surface area contributed by atoms with Gasteiger partial charge in [0.1, 0.15) is 0 Å². The maximum atomic E-state index is 13.2. The topological polar surface area (TPSA) is 124 Å². The van der Waals surface area contributed by atoms with Gasteiger partial charge in [0.25, 0.3) is 21.4 Å². The SMILES string of the molecule is C=CCN(c1cccc([N+](=O)[O-])c1C)S(=O)(=O)c1cc([N+](=O)[O-])ccc1C. The lowest BCUT2D eigenvalue weighted by molar-refractivity contribution is -0.385. The Hall–Kier alpha value is -3.27. The number of anilines is 1. The molecule has 0 unspecified atom stereocenters. The summed E-state index contributed by atoms with van der Waals surface area (Å²) in [6, 6.07) is 7.63. The van der Waals surface area contributed by atoms with E-state index in [0.29, 0.717) is 5.56 Å². The van der Waals surface area contributed by atoms with Crippen molar-refractivity contribution >= 4 is 27.1 Å². The Morgan fingerprint density at radius 1 is 1.11 bits per heavy atom. The highest BCUT2D eigenvalue weighted by molar-refractivity contribution is 7.92. The number of nitro groups is 2. The van der Waals surface area contributed by atoms with Gasteiger partial charge in [-0.3, -0.25) is 24.5 Å². The van der Waals surface area contributed by atoms with Gasteiger partial charge in [-0.25, -0.2) is 8.42 Å². The molecule has 0 spiro atoms. The molecule has 0 fully saturated rings. The van der Waals surface area contributed by atoms with Crippen LogP contribution in [0.4, 0.5) is 17.1 Å². The fraction of sp³-hybridized carbons (Fsp3) is 0.176. The Morgan fingerprint density at radius 3 is 2.33 bits per heavy atom. The summed E-state index contributed by atoms with van der Waals surface area (Å²) < 4.78 is 27.4. The van der Waals surface area contributed by atoms with Crippen LogP contribution < -0.4 is 4.31 Å². The number of nitrogens with zero attached hydrogens (tertiary/aromatic N) is 3. The first-order valence-corrected chi connectivity index (χ1v) is 9.18. The molecule has 0 N–H and O–H groups in total. The lowest BCUT2D eigenvalue weighted by Crippen LogP contribution is -2.32. The molecule has 0 amide bonds. The highest BCUT2D eigenvalue weighted by Crippen LogP contribution is 2.33. The first-order chi connectivity index (χ1) is 12.6. The molecule has 9 nitrogen and oxygen atoms in total. The summed E-state index contributed by atoms with van der Waals surface area (Å²) in [5.41, 5.74) is -0.00946. The van der Waals surface area contributed by atoms with Crippen molar-refractivity contribution in [2.24, 2.45) is 0 Å². The van der Waals surface area contributed by atoms with Gasteiger partial charge in [0.2, 0.25) is 0 Å². The van der Waals surface area contributed by atoms with Gasteiger partial charge < -0.3 is 0 Å². The number of aryl methyl sites for hydroxylation is 1. The van der Waals surface area contributed by atoms with Crippen molar-refractivity contribution in [1.29, 1.82) is 0 Å². The maximum absolute atomic E-state index is 13.2. The van der Waals surface area contributed by atoms with Gasteiger partial charge in [-0.15, -0.1) is 6.58 Å². The fourth-order valence-electron chi connectivity index (χ4n) is 2.62. The van der Waals surface area contributed by atoms with Crippen LogP contribution in [0.3, 0.4) is 0 Å². The summed E-state index contributed by atoms with van der Waals surface area (Å²) in [4.78, 5) is 20.7. The summed E-state index contributed by atoms with van der Waals surface area (Å²) in [7, 11) is -4.23. The van der Waals surface area contributed by atoms with Crippen molar-refractivity contribution in [2.75, 3.05) is 10.8 Å². The van der Waals surface area contributed by atoms with E-state index >= 15 is 0 Å². The Balaban J connectivity index is 2.72. The van der Waals surface area contributed by atoms with E-state index in [4.69, 9.17) is 0 Å². The number of nitro benzene ring substituents is 2. The molecule has 0 bridgehead atoms. The molecular formula is C17H17N3O6S. The van der Waals surface area contributed by atoms with Crippen molar-refractivity contribution in [3.63, 3.8) is 0 Å². The summed E-state index contributed by atoms with van der Waals surface area (Å²) in [5.74, 6) is 0. The molecule has 0 aliphatic carbocycles. The Labute approximate surface area is 155 Å². The molecular weight excluding hydrogens is 374 g/mol. The normalized spacial score (nSPS) is 11.0. The van der Waals surface area contributed by atoms with Crippen molar-refractivity contribution in [1.82, 2.24) is 0 Å². The highest BCUT2D eigenvalue weighted by Gasteiger charge is 2.30. The van der Waals surface area contributed by atoms with Crippen LogP contribution in [0, 0.1) is 34.1 Å². The van der Waals surface area contributed by atoms with Crippen LogP contribution in [-0.4, -0.2) is 24.8 Å². The molecule has 0 radical (unpaired) electrons. The molecule has 0 atom stereocenters. The second kappa shape index (κ2) is 7.54. The smallest absolute Gasteiger partial charge is 0.262 e. The number of rotatable bonds is 7. The summed E-state index contributed by atoms with van der Waals surface area (Å²) in [6.45, 7) is 6.34. The van der Waals surface area contributed by atoms with Crippen LogP contribution >= 0.6 is 0 Å². The molecule has 0 aromatic heterocycles. The second-order valence-corrected chi connectivity index (χ2v) is 7.54. The average Bonchev–Trinajstić information content (AvgIpc) is 2.59. The van der Waals surface area contributed by atoms with E-state index in [1.807, 2.05) is 0 Å². The van der Waals surface area contributed by atoms with Crippen molar-refractivity contribution < 1.29 is 18.3 Å². The molecule has 2 aromatic carbocycles. The summed E-state index contributed by atoms with van der Waals surface area (Å²) >= 11 is 0. The van der Waals surface area contributed by atoms with Gasteiger partial charge in [0.05, 0.1) is 32.5 Å². The van der Waals surface area contributed by atoms with Crippen molar-refractivity contribution in [3.8, 4) is 0 Å². The molecule has 27 heavy (non-hydrogen) atoms. The predicted molar refractivity (Wildman–Crippen MR) is 100 cm³/mol. The number of hydrogen-bond donors (Lipinski definition) is 0.